The summed E-state index contributed by atoms with van der Waals surface area (Å²) in [7, 11) is 0. The van der Waals surface area contributed by atoms with E-state index in [0.29, 0.717) is 6.04 Å². The molecule has 0 saturated heterocycles. The number of aromatic nitrogens is 2. The van der Waals surface area contributed by atoms with E-state index < -0.39 is 0 Å². The molecular formula is C13H23N3. The van der Waals surface area contributed by atoms with Crippen molar-refractivity contribution in [3.8, 4) is 0 Å². The van der Waals surface area contributed by atoms with Gasteiger partial charge >= 0.3 is 0 Å². The fraction of sp³-hybridized carbons (Fsp3) is 0.615. The third kappa shape index (κ3) is 3.40. The molecule has 0 spiro atoms. The molecule has 3 heteroatoms. The minimum Gasteiger partial charge on any atom is -0.352 e. The number of hydrogen-bond acceptors (Lipinski definition) is 2. The van der Waals surface area contributed by atoms with Gasteiger partial charge < -0.3 is 9.88 Å². The van der Waals surface area contributed by atoms with Gasteiger partial charge in [0, 0.05) is 18.8 Å². The molecule has 0 fully saturated rings. The molecule has 1 aromatic rings. The van der Waals surface area contributed by atoms with Gasteiger partial charge in [0.05, 0.1) is 5.69 Å². The molecule has 0 aromatic carbocycles. The number of anilines is 1. The van der Waals surface area contributed by atoms with Gasteiger partial charge in [-0.25, -0.2) is 4.98 Å². The van der Waals surface area contributed by atoms with Crippen LogP contribution in [-0.4, -0.2) is 16.1 Å². The summed E-state index contributed by atoms with van der Waals surface area (Å²) >= 11 is 0. The third-order valence-corrected chi connectivity index (χ3v) is 2.71. The number of aryl methyl sites for hydroxylation is 1. The standard InChI is InChI=1S/C13H23N3/c1-5-7-8-12(4)16-10-11(3)15-13(16)14-9-6-2/h6,10,12H,2,5,7-9H2,1,3-4H3,(H,14,15). The van der Waals surface area contributed by atoms with Crippen LogP contribution < -0.4 is 5.32 Å². The Labute approximate surface area is 98.6 Å². The minimum absolute atomic E-state index is 0.508. The zero-order valence-electron chi connectivity index (χ0n) is 10.7. The average Bonchev–Trinajstić information content (AvgIpc) is 2.64. The van der Waals surface area contributed by atoms with Crippen molar-refractivity contribution in [1.82, 2.24) is 9.55 Å². The summed E-state index contributed by atoms with van der Waals surface area (Å²) in [5, 5.41) is 3.27. The number of hydrogen-bond donors (Lipinski definition) is 1. The highest BCUT2D eigenvalue weighted by Crippen LogP contribution is 2.20. The first-order valence-corrected chi connectivity index (χ1v) is 6.09. The Bertz CT molecular complexity index is 328. The first kappa shape index (κ1) is 12.8. The lowest BCUT2D eigenvalue weighted by Gasteiger charge is -2.16. The quantitative estimate of drug-likeness (QED) is 0.714. The van der Waals surface area contributed by atoms with E-state index in [1.165, 1.54) is 19.3 Å². The van der Waals surface area contributed by atoms with E-state index >= 15 is 0 Å². The van der Waals surface area contributed by atoms with E-state index in [1.54, 1.807) is 0 Å². The second-order valence-electron chi connectivity index (χ2n) is 4.27. The van der Waals surface area contributed by atoms with Gasteiger partial charge in [0.2, 0.25) is 5.95 Å². The Morgan fingerprint density at radius 3 is 3.00 bits per heavy atom. The Morgan fingerprint density at radius 1 is 1.62 bits per heavy atom. The van der Waals surface area contributed by atoms with Crippen LogP contribution in [-0.2, 0) is 0 Å². The zero-order valence-corrected chi connectivity index (χ0v) is 10.7. The fourth-order valence-electron chi connectivity index (χ4n) is 1.78. The normalized spacial score (nSPS) is 12.4. The molecule has 0 aliphatic carbocycles. The fourth-order valence-corrected chi connectivity index (χ4v) is 1.78. The maximum absolute atomic E-state index is 4.48. The molecular weight excluding hydrogens is 198 g/mol. The van der Waals surface area contributed by atoms with Crippen LogP contribution in [0.15, 0.2) is 18.9 Å². The monoisotopic (exact) mass is 221 g/mol. The van der Waals surface area contributed by atoms with Gasteiger partial charge in [0.1, 0.15) is 0 Å². The molecule has 3 nitrogen and oxygen atoms in total. The molecule has 0 bridgehead atoms. The number of nitrogens with one attached hydrogen (secondary N) is 1. The van der Waals surface area contributed by atoms with Crippen LogP contribution in [0.3, 0.4) is 0 Å². The molecule has 1 rings (SSSR count). The molecule has 1 unspecified atom stereocenters. The Kier molecular flexibility index (Phi) is 5.09. The highest BCUT2D eigenvalue weighted by Gasteiger charge is 2.10. The molecule has 0 amide bonds. The molecule has 1 N–H and O–H groups in total. The minimum atomic E-state index is 0.508. The van der Waals surface area contributed by atoms with Crippen molar-refractivity contribution in [3.05, 3.63) is 24.5 Å². The largest absolute Gasteiger partial charge is 0.352 e. The molecule has 1 atom stereocenters. The van der Waals surface area contributed by atoms with Crippen molar-refractivity contribution in [3.63, 3.8) is 0 Å². The Hall–Kier alpha value is -1.25. The molecule has 0 aliphatic rings. The topological polar surface area (TPSA) is 29.9 Å². The lowest BCUT2D eigenvalue weighted by Crippen LogP contribution is -2.10. The Balaban J connectivity index is 2.72. The summed E-state index contributed by atoms with van der Waals surface area (Å²) in [4.78, 5) is 4.48. The summed E-state index contributed by atoms with van der Waals surface area (Å²) in [6, 6.07) is 0.508. The van der Waals surface area contributed by atoms with Gasteiger partial charge in [-0.1, -0.05) is 25.8 Å². The van der Waals surface area contributed by atoms with E-state index in [4.69, 9.17) is 0 Å². The predicted octanol–water partition coefficient (Wildman–Crippen LogP) is 3.54. The molecule has 0 aliphatic heterocycles. The van der Waals surface area contributed by atoms with Crippen molar-refractivity contribution < 1.29 is 0 Å². The summed E-state index contributed by atoms with van der Waals surface area (Å²) < 4.78 is 2.23. The smallest absolute Gasteiger partial charge is 0.203 e. The van der Waals surface area contributed by atoms with Crippen LogP contribution in [0.2, 0.25) is 0 Å². The first-order valence-electron chi connectivity index (χ1n) is 6.09. The Morgan fingerprint density at radius 2 is 2.38 bits per heavy atom. The number of nitrogens with zero attached hydrogens (tertiary/aromatic N) is 2. The van der Waals surface area contributed by atoms with Crippen molar-refractivity contribution >= 4 is 5.95 Å². The van der Waals surface area contributed by atoms with Crippen LogP contribution in [0.5, 0.6) is 0 Å². The highest BCUT2D eigenvalue weighted by atomic mass is 15.2. The van der Waals surface area contributed by atoms with E-state index in [-0.39, 0.29) is 0 Å². The van der Waals surface area contributed by atoms with E-state index in [2.05, 4.69) is 41.5 Å². The summed E-state index contributed by atoms with van der Waals surface area (Å²) in [6.45, 7) is 11.0. The van der Waals surface area contributed by atoms with Crippen LogP contribution in [0, 0.1) is 6.92 Å². The van der Waals surface area contributed by atoms with Crippen LogP contribution in [0.1, 0.15) is 44.8 Å². The van der Waals surface area contributed by atoms with Gasteiger partial charge in [-0.2, -0.15) is 0 Å². The van der Waals surface area contributed by atoms with Crippen LogP contribution in [0.25, 0.3) is 0 Å². The second-order valence-corrected chi connectivity index (χ2v) is 4.27. The van der Waals surface area contributed by atoms with Crippen molar-refractivity contribution in [2.45, 2.75) is 46.1 Å². The van der Waals surface area contributed by atoms with Gasteiger partial charge in [0.15, 0.2) is 0 Å². The molecule has 1 heterocycles. The van der Waals surface area contributed by atoms with Crippen LogP contribution in [0.4, 0.5) is 5.95 Å². The summed E-state index contributed by atoms with van der Waals surface area (Å²) in [5.74, 6) is 0.959. The molecule has 1 aromatic heterocycles. The molecule has 0 radical (unpaired) electrons. The summed E-state index contributed by atoms with van der Waals surface area (Å²) in [6.07, 6.45) is 7.68. The number of unbranched alkanes of at least 4 members (excludes halogenated alkanes) is 1. The van der Waals surface area contributed by atoms with Crippen LogP contribution >= 0.6 is 0 Å². The number of imidazole rings is 1. The van der Waals surface area contributed by atoms with Crippen molar-refractivity contribution in [1.29, 1.82) is 0 Å². The van der Waals surface area contributed by atoms with Crippen molar-refractivity contribution in [2.24, 2.45) is 0 Å². The van der Waals surface area contributed by atoms with Crippen molar-refractivity contribution in [2.75, 3.05) is 11.9 Å². The van der Waals surface area contributed by atoms with Gasteiger partial charge in [-0.15, -0.1) is 6.58 Å². The lowest BCUT2D eigenvalue weighted by molar-refractivity contribution is 0.489. The maximum Gasteiger partial charge on any atom is 0.203 e. The van der Waals surface area contributed by atoms with E-state index in [0.717, 1.165) is 18.2 Å². The highest BCUT2D eigenvalue weighted by molar-refractivity contribution is 5.30. The average molecular weight is 221 g/mol. The molecule has 90 valence electrons. The molecule has 0 saturated carbocycles. The van der Waals surface area contributed by atoms with Gasteiger partial charge in [-0.05, 0) is 20.3 Å². The van der Waals surface area contributed by atoms with E-state index in [1.807, 2.05) is 13.0 Å². The summed E-state index contributed by atoms with van der Waals surface area (Å²) in [5.41, 5.74) is 1.06. The predicted molar refractivity (Wildman–Crippen MR) is 69.9 cm³/mol. The number of rotatable bonds is 7. The zero-order chi connectivity index (χ0) is 12.0. The third-order valence-electron chi connectivity index (χ3n) is 2.71. The first-order chi connectivity index (χ1) is 7.69. The lowest BCUT2D eigenvalue weighted by atomic mass is 10.1. The van der Waals surface area contributed by atoms with Gasteiger partial charge in [-0.3, -0.25) is 0 Å². The van der Waals surface area contributed by atoms with Gasteiger partial charge in [0.25, 0.3) is 0 Å². The maximum atomic E-state index is 4.48. The van der Waals surface area contributed by atoms with E-state index in [9.17, 15) is 0 Å². The SMILES string of the molecule is C=CCNc1nc(C)cn1C(C)CCCC. The molecule has 16 heavy (non-hydrogen) atoms. The second kappa shape index (κ2) is 6.36.